The van der Waals surface area contributed by atoms with Gasteiger partial charge in [-0.3, -0.25) is 4.79 Å². The number of benzene rings is 1. The third-order valence-electron chi connectivity index (χ3n) is 3.62. The Labute approximate surface area is 112 Å². The first-order valence-electron chi connectivity index (χ1n) is 6.41. The van der Waals surface area contributed by atoms with E-state index in [1.807, 2.05) is 0 Å². The minimum atomic E-state index is -0.823. The number of nitrogens with zero attached hydrogens (tertiary/aromatic N) is 1. The normalized spacial score (nSPS) is 17.4. The van der Waals surface area contributed by atoms with Crippen LogP contribution in [-0.2, 0) is 0 Å². The van der Waals surface area contributed by atoms with Crippen molar-refractivity contribution in [3.05, 3.63) is 23.8 Å². The number of carbonyl (C=O) groups excluding carboxylic acids is 1. The maximum Gasteiger partial charge on any atom is 0.257 e. The predicted molar refractivity (Wildman–Crippen MR) is 70.1 cm³/mol. The molecule has 1 amide bonds. The van der Waals surface area contributed by atoms with Gasteiger partial charge in [-0.1, -0.05) is 12.8 Å². The second-order valence-electron chi connectivity index (χ2n) is 5.29. The standard InChI is InChI=1S/C14H19NO4/c1-15(9-14(19)6-2-3-7-14)13(18)11-8-10(16)4-5-12(11)17/h4-5,8,16-17,19H,2-3,6-7,9H2,1H3. The van der Waals surface area contributed by atoms with E-state index in [1.165, 1.54) is 23.1 Å². The predicted octanol–water partition coefficient (Wildman–Crippen LogP) is 1.47. The van der Waals surface area contributed by atoms with Crippen molar-refractivity contribution in [3.63, 3.8) is 0 Å². The lowest BCUT2D eigenvalue weighted by Gasteiger charge is -2.28. The van der Waals surface area contributed by atoms with Crippen molar-refractivity contribution in [1.82, 2.24) is 4.90 Å². The summed E-state index contributed by atoms with van der Waals surface area (Å²) in [6.07, 6.45) is 3.32. The van der Waals surface area contributed by atoms with Crippen LogP contribution in [0, 0.1) is 0 Å². The third-order valence-corrected chi connectivity index (χ3v) is 3.62. The SMILES string of the molecule is CN(CC1(O)CCCC1)C(=O)c1cc(O)ccc1O. The van der Waals surface area contributed by atoms with Crippen LogP contribution in [0.4, 0.5) is 0 Å². The maximum absolute atomic E-state index is 12.2. The molecule has 0 saturated heterocycles. The van der Waals surface area contributed by atoms with Crippen LogP contribution in [0.1, 0.15) is 36.0 Å². The van der Waals surface area contributed by atoms with Gasteiger partial charge >= 0.3 is 0 Å². The quantitative estimate of drug-likeness (QED) is 0.723. The van der Waals surface area contributed by atoms with Crippen LogP contribution in [-0.4, -0.2) is 45.3 Å². The molecule has 1 fully saturated rings. The Kier molecular flexibility index (Phi) is 3.66. The summed E-state index contributed by atoms with van der Waals surface area (Å²) in [5.41, 5.74) is -0.777. The van der Waals surface area contributed by atoms with Crippen LogP contribution >= 0.6 is 0 Å². The minimum Gasteiger partial charge on any atom is -0.508 e. The highest BCUT2D eigenvalue weighted by atomic mass is 16.3. The van der Waals surface area contributed by atoms with E-state index in [2.05, 4.69) is 0 Å². The molecule has 0 heterocycles. The maximum atomic E-state index is 12.2. The monoisotopic (exact) mass is 265 g/mol. The van der Waals surface area contributed by atoms with Crippen LogP contribution in [0.2, 0.25) is 0 Å². The number of rotatable bonds is 3. The van der Waals surface area contributed by atoms with Gasteiger partial charge in [-0.15, -0.1) is 0 Å². The number of hydrogen-bond acceptors (Lipinski definition) is 4. The van der Waals surface area contributed by atoms with Gasteiger partial charge < -0.3 is 20.2 Å². The summed E-state index contributed by atoms with van der Waals surface area (Å²) in [7, 11) is 1.59. The summed E-state index contributed by atoms with van der Waals surface area (Å²) >= 11 is 0. The Morgan fingerprint density at radius 1 is 1.32 bits per heavy atom. The topological polar surface area (TPSA) is 81.0 Å². The molecule has 1 aromatic rings. The Morgan fingerprint density at radius 3 is 2.58 bits per heavy atom. The lowest BCUT2D eigenvalue weighted by molar-refractivity contribution is 0.0155. The molecule has 19 heavy (non-hydrogen) atoms. The van der Waals surface area contributed by atoms with E-state index in [0.29, 0.717) is 12.8 Å². The Morgan fingerprint density at radius 2 is 1.95 bits per heavy atom. The fourth-order valence-corrected chi connectivity index (χ4v) is 2.61. The van der Waals surface area contributed by atoms with E-state index in [0.717, 1.165) is 12.8 Å². The van der Waals surface area contributed by atoms with Gasteiger partial charge in [0.25, 0.3) is 5.91 Å². The second kappa shape index (κ2) is 5.09. The van der Waals surface area contributed by atoms with Gasteiger partial charge in [-0.2, -0.15) is 0 Å². The van der Waals surface area contributed by atoms with Crippen molar-refractivity contribution in [2.45, 2.75) is 31.3 Å². The molecule has 0 aromatic heterocycles. The van der Waals surface area contributed by atoms with Gasteiger partial charge in [0.05, 0.1) is 11.2 Å². The van der Waals surface area contributed by atoms with E-state index in [1.54, 1.807) is 7.05 Å². The van der Waals surface area contributed by atoms with E-state index >= 15 is 0 Å². The van der Waals surface area contributed by atoms with Crippen LogP contribution in [0.5, 0.6) is 11.5 Å². The molecule has 104 valence electrons. The zero-order valence-electron chi connectivity index (χ0n) is 11.0. The molecule has 3 N–H and O–H groups in total. The third kappa shape index (κ3) is 2.98. The van der Waals surface area contributed by atoms with Gasteiger partial charge in [0, 0.05) is 13.6 Å². The number of amides is 1. The Bertz CT molecular complexity index is 480. The first kappa shape index (κ1) is 13.7. The average Bonchev–Trinajstić information content (AvgIpc) is 2.78. The van der Waals surface area contributed by atoms with Crippen LogP contribution in [0.3, 0.4) is 0 Å². The minimum absolute atomic E-state index is 0.0455. The molecular weight excluding hydrogens is 246 g/mol. The molecule has 1 aliphatic rings. The fraction of sp³-hybridized carbons (Fsp3) is 0.500. The van der Waals surface area contributed by atoms with E-state index in [9.17, 15) is 20.1 Å². The van der Waals surface area contributed by atoms with Crippen molar-refractivity contribution >= 4 is 5.91 Å². The zero-order valence-corrected chi connectivity index (χ0v) is 11.0. The molecule has 0 radical (unpaired) electrons. The summed E-state index contributed by atoms with van der Waals surface area (Å²) < 4.78 is 0. The number of aromatic hydroxyl groups is 2. The molecule has 0 bridgehead atoms. The first-order valence-corrected chi connectivity index (χ1v) is 6.41. The second-order valence-corrected chi connectivity index (χ2v) is 5.29. The van der Waals surface area contributed by atoms with E-state index in [4.69, 9.17) is 0 Å². The Balaban J connectivity index is 2.12. The molecule has 1 aromatic carbocycles. The molecule has 0 atom stereocenters. The van der Waals surface area contributed by atoms with Gasteiger partial charge in [0.15, 0.2) is 0 Å². The van der Waals surface area contributed by atoms with Crippen molar-refractivity contribution in [2.75, 3.05) is 13.6 Å². The lowest BCUT2D eigenvalue weighted by Crippen LogP contribution is -2.42. The van der Waals surface area contributed by atoms with Crippen molar-refractivity contribution in [2.24, 2.45) is 0 Å². The van der Waals surface area contributed by atoms with Crippen LogP contribution in [0.15, 0.2) is 18.2 Å². The van der Waals surface area contributed by atoms with Gasteiger partial charge in [-0.25, -0.2) is 0 Å². The number of phenolic OH excluding ortho intramolecular Hbond substituents is 2. The summed E-state index contributed by atoms with van der Waals surface area (Å²) in [4.78, 5) is 13.6. The molecule has 5 heteroatoms. The number of carbonyl (C=O) groups is 1. The number of hydrogen-bond donors (Lipinski definition) is 3. The molecule has 0 aliphatic heterocycles. The number of likely N-dealkylation sites (N-methyl/N-ethyl adjacent to an activating group) is 1. The molecule has 5 nitrogen and oxygen atoms in total. The molecule has 0 unspecified atom stereocenters. The van der Waals surface area contributed by atoms with Crippen molar-refractivity contribution < 1.29 is 20.1 Å². The largest absolute Gasteiger partial charge is 0.508 e. The first-order chi connectivity index (χ1) is 8.91. The molecule has 2 rings (SSSR count). The molecule has 1 saturated carbocycles. The Hall–Kier alpha value is -1.75. The van der Waals surface area contributed by atoms with Gasteiger partial charge in [-0.05, 0) is 31.0 Å². The summed E-state index contributed by atoms with van der Waals surface area (Å²) in [6.45, 7) is 0.237. The highest BCUT2D eigenvalue weighted by Gasteiger charge is 2.34. The van der Waals surface area contributed by atoms with E-state index < -0.39 is 11.5 Å². The van der Waals surface area contributed by atoms with Crippen molar-refractivity contribution in [3.8, 4) is 11.5 Å². The van der Waals surface area contributed by atoms with E-state index in [-0.39, 0.29) is 23.6 Å². The smallest absolute Gasteiger partial charge is 0.257 e. The number of phenols is 2. The molecular formula is C14H19NO4. The zero-order chi connectivity index (χ0) is 14.0. The summed E-state index contributed by atoms with van der Waals surface area (Å²) in [6, 6.07) is 3.82. The fourth-order valence-electron chi connectivity index (χ4n) is 2.61. The lowest BCUT2D eigenvalue weighted by atomic mass is 10.0. The van der Waals surface area contributed by atoms with Gasteiger partial charge in [0.2, 0.25) is 0 Å². The highest BCUT2D eigenvalue weighted by molar-refractivity contribution is 5.97. The van der Waals surface area contributed by atoms with Crippen LogP contribution in [0.25, 0.3) is 0 Å². The molecule has 0 spiro atoms. The van der Waals surface area contributed by atoms with Crippen LogP contribution < -0.4 is 0 Å². The van der Waals surface area contributed by atoms with Crippen molar-refractivity contribution in [1.29, 1.82) is 0 Å². The highest BCUT2D eigenvalue weighted by Crippen LogP contribution is 2.31. The average molecular weight is 265 g/mol. The van der Waals surface area contributed by atoms with Gasteiger partial charge in [0.1, 0.15) is 11.5 Å². The molecule has 1 aliphatic carbocycles. The summed E-state index contributed by atoms with van der Waals surface area (Å²) in [5, 5.41) is 29.3. The summed E-state index contributed by atoms with van der Waals surface area (Å²) in [5.74, 6) is -0.657. The number of aliphatic hydroxyl groups is 1.